The summed E-state index contributed by atoms with van der Waals surface area (Å²) in [6.07, 6.45) is 2.80. The molecule has 0 spiro atoms. The number of amides is 2. The van der Waals surface area contributed by atoms with E-state index in [-0.39, 0.29) is 5.91 Å². The topological polar surface area (TPSA) is 75.4 Å². The fourth-order valence-electron chi connectivity index (χ4n) is 3.08. The van der Waals surface area contributed by atoms with E-state index in [2.05, 4.69) is 27.7 Å². The first-order chi connectivity index (χ1) is 11.6. The Balaban J connectivity index is 1.51. The van der Waals surface area contributed by atoms with E-state index < -0.39 is 5.91 Å². The molecule has 24 heavy (non-hydrogen) atoms. The van der Waals surface area contributed by atoms with Crippen LogP contribution in [0.4, 0.5) is 5.69 Å². The van der Waals surface area contributed by atoms with E-state index in [4.69, 9.17) is 5.73 Å². The standard InChI is InChI=1S/C18H21N3O2S/c19-18(23)13-5-7-14(8-6-13)20-17(22)9-11-21-10-1-3-15(21)16-4-2-12-24-16/h2,4-8,12,15H,1,3,9-11H2,(H2,19,23)(H,20,22)/t15-/m0/s1. The lowest BCUT2D eigenvalue weighted by Gasteiger charge is -2.23. The van der Waals surface area contributed by atoms with Gasteiger partial charge in [0.25, 0.3) is 0 Å². The van der Waals surface area contributed by atoms with E-state index in [9.17, 15) is 9.59 Å². The molecular formula is C18H21N3O2S. The number of carbonyl (C=O) groups excluding carboxylic acids is 2. The first-order valence-electron chi connectivity index (χ1n) is 8.10. The van der Waals surface area contributed by atoms with Crippen LogP contribution in [0.2, 0.25) is 0 Å². The van der Waals surface area contributed by atoms with Crippen molar-refractivity contribution >= 4 is 28.8 Å². The summed E-state index contributed by atoms with van der Waals surface area (Å²) in [4.78, 5) is 27.0. The quantitative estimate of drug-likeness (QED) is 0.846. The second-order valence-corrected chi connectivity index (χ2v) is 6.93. The van der Waals surface area contributed by atoms with E-state index in [1.54, 1.807) is 35.6 Å². The minimum atomic E-state index is -0.471. The average molecular weight is 343 g/mol. The van der Waals surface area contributed by atoms with Crippen molar-refractivity contribution in [2.45, 2.75) is 25.3 Å². The summed E-state index contributed by atoms with van der Waals surface area (Å²) in [6.45, 7) is 1.80. The molecular weight excluding hydrogens is 322 g/mol. The van der Waals surface area contributed by atoms with Crippen LogP contribution in [0.3, 0.4) is 0 Å². The number of primary amides is 1. The highest BCUT2D eigenvalue weighted by Gasteiger charge is 2.26. The van der Waals surface area contributed by atoms with Crippen LogP contribution in [0.1, 0.15) is 40.5 Å². The maximum atomic E-state index is 12.2. The largest absolute Gasteiger partial charge is 0.366 e. The smallest absolute Gasteiger partial charge is 0.248 e. The Bertz CT molecular complexity index is 698. The van der Waals surface area contributed by atoms with Crippen LogP contribution in [0, 0.1) is 0 Å². The number of nitrogens with zero attached hydrogens (tertiary/aromatic N) is 1. The molecule has 1 aromatic carbocycles. The van der Waals surface area contributed by atoms with Crippen molar-refractivity contribution < 1.29 is 9.59 Å². The van der Waals surface area contributed by atoms with E-state index in [1.165, 1.54) is 11.3 Å². The summed E-state index contributed by atoms with van der Waals surface area (Å²) >= 11 is 1.78. The van der Waals surface area contributed by atoms with Crippen molar-refractivity contribution in [1.29, 1.82) is 0 Å². The minimum absolute atomic E-state index is 0.0151. The van der Waals surface area contributed by atoms with Crippen LogP contribution in [0.5, 0.6) is 0 Å². The van der Waals surface area contributed by atoms with Crippen molar-refractivity contribution in [3.63, 3.8) is 0 Å². The fourth-order valence-corrected chi connectivity index (χ4v) is 3.98. The van der Waals surface area contributed by atoms with Gasteiger partial charge in [-0.3, -0.25) is 14.5 Å². The maximum absolute atomic E-state index is 12.2. The monoisotopic (exact) mass is 343 g/mol. The first-order valence-corrected chi connectivity index (χ1v) is 8.98. The van der Waals surface area contributed by atoms with Gasteiger partial charge in [-0.2, -0.15) is 0 Å². The zero-order valence-corrected chi connectivity index (χ0v) is 14.2. The Morgan fingerprint density at radius 1 is 1.25 bits per heavy atom. The van der Waals surface area contributed by atoms with Crippen molar-refractivity contribution in [3.8, 4) is 0 Å². The van der Waals surface area contributed by atoms with Gasteiger partial charge in [0.2, 0.25) is 11.8 Å². The summed E-state index contributed by atoms with van der Waals surface area (Å²) in [5.41, 5.74) is 6.32. The number of hydrogen-bond acceptors (Lipinski definition) is 4. The van der Waals surface area contributed by atoms with Crippen molar-refractivity contribution in [2.75, 3.05) is 18.4 Å². The number of likely N-dealkylation sites (tertiary alicyclic amines) is 1. The Morgan fingerprint density at radius 3 is 2.71 bits per heavy atom. The van der Waals surface area contributed by atoms with Gasteiger partial charge in [-0.15, -0.1) is 11.3 Å². The summed E-state index contributed by atoms with van der Waals surface area (Å²) in [5, 5.41) is 4.97. The van der Waals surface area contributed by atoms with E-state index in [0.717, 1.165) is 19.5 Å². The normalized spacial score (nSPS) is 17.8. The van der Waals surface area contributed by atoms with Crippen molar-refractivity contribution in [1.82, 2.24) is 4.90 Å². The summed E-state index contributed by atoms with van der Waals surface area (Å²) in [7, 11) is 0. The third-order valence-electron chi connectivity index (χ3n) is 4.31. The second-order valence-electron chi connectivity index (χ2n) is 5.95. The number of nitrogens with one attached hydrogen (secondary N) is 1. The molecule has 1 saturated heterocycles. The Hall–Kier alpha value is -2.18. The highest BCUT2D eigenvalue weighted by Crippen LogP contribution is 2.34. The Labute approximate surface area is 145 Å². The van der Waals surface area contributed by atoms with Crippen LogP contribution in [0.25, 0.3) is 0 Å². The highest BCUT2D eigenvalue weighted by atomic mass is 32.1. The number of carbonyl (C=O) groups is 2. The summed E-state index contributed by atoms with van der Waals surface area (Å²) < 4.78 is 0. The first kappa shape index (κ1) is 16.7. The van der Waals surface area contributed by atoms with Crippen LogP contribution in [-0.2, 0) is 4.79 Å². The summed E-state index contributed by atoms with van der Waals surface area (Å²) in [6, 6.07) is 11.3. The number of nitrogens with two attached hydrogens (primary N) is 1. The molecule has 0 radical (unpaired) electrons. The Kier molecular flexibility index (Phi) is 5.27. The van der Waals surface area contributed by atoms with Gasteiger partial charge in [0.05, 0.1) is 0 Å². The molecule has 126 valence electrons. The van der Waals surface area contributed by atoms with Gasteiger partial charge in [0, 0.05) is 35.1 Å². The third-order valence-corrected chi connectivity index (χ3v) is 5.29. The van der Waals surface area contributed by atoms with Crippen LogP contribution in [0.15, 0.2) is 41.8 Å². The van der Waals surface area contributed by atoms with Gasteiger partial charge in [-0.1, -0.05) is 6.07 Å². The second kappa shape index (κ2) is 7.59. The molecule has 2 aromatic rings. The van der Waals surface area contributed by atoms with E-state index >= 15 is 0 Å². The van der Waals surface area contributed by atoms with Gasteiger partial charge in [0.1, 0.15) is 0 Å². The van der Waals surface area contributed by atoms with Gasteiger partial charge < -0.3 is 11.1 Å². The van der Waals surface area contributed by atoms with Crippen LogP contribution >= 0.6 is 11.3 Å². The van der Waals surface area contributed by atoms with Crippen LogP contribution in [-0.4, -0.2) is 29.8 Å². The molecule has 2 heterocycles. The molecule has 3 N–H and O–H groups in total. The molecule has 2 amide bonds. The highest BCUT2D eigenvalue weighted by molar-refractivity contribution is 7.10. The lowest BCUT2D eigenvalue weighted by Crippen LogP contribution is -2.27. The van der Waals surface area contributed by atoms with E-state index in [1.807, 2.05) is 0 Å². The molecule has 0 unspecified atom stereocenters. The average Bonchev–Trinajstić information content (AvgIpc) is 3.24. The minimum Gasteiger partial charge on any atom is -0.366 e. The summed E-state index contributed by atoms with van der Waals surface area (Å²) in [5.74, 6) is -0.486. The number of rotatable bonds is 6. The third kappa shape index (κ3) is 4.01. The molecule has 1 aliphatic rings. The molecule has 0 bridgehead atoms. The van der Waals surface area contributed by atoms with Crippen molar-refractivity contribution in [2.24, 2.45) is 5.73 Å². The predicted molar refractivity (Wildman–Crippen MR) is 96.1 cm³/mol. The van der Waals surface area contributed by atoms with Gasteiger partial charge in [-0.25, -0.2) is 0 Å². The maximum Gasteiger partial charge on any atom is 0.248 e. The van der Waals surface area contributed by atoms with Gasteiger partial charge in [0.15, 0.2) is 0 Å². The van der Waals surface area contributed by atoms with Gasteiger partial charge >= 0.3 is 0 Å². The molecule has 1 fully saturated rings. The lowest BCUT2D eigenvalue weighted by molar-refractivity contribution is -0.116. The van der Waals surface area contributed by atoms with Crippen LogP contribution < -0.4 is 11.1 Å². The molecule has 3 rings (SSSR count). The zero-order valence-electron chi connectivity index (χ0n) is 13.4. The fraction of sp³-hybridized carbons (Fsp3) is 0.333. The van der Waals surface area contributed by atoms with Crippen molar-refractivity contribution in [3.05, 3.63) is 52.2 Å². The SMILES string of the molecule is NC(=O)c1ccc(NC(=O)CCN2CCC[C@H]2c2cccs2)cc1. The van der Waals surface area contributed by atoms with E-state index in [0.29, 0.717) is 23.7 Å². The number of hydrogen-bond donors (Lipinski definition) is 2. The molecule has 0 aliphatic carbocycles. The number of benzene rings is 1. The molecule has 6 heteroatoms. The van der Waals surface area contributed by atoms with Gasteiger partial charge in [-0.05, 0) is 55.1 Å². The molecule has 5 nitrogen and oxygen atoms in total. The lowest BCUT2D eigenvalue weighted by atomic mass is 10.2. The molecule has 1 aliphatic heterocycles. The number of thiophene rings is 1. The zero-order chi connectivity index (χ0) is 16.9. The molecule has 1 atom stereocenters. The number of anilines is 1. The molecule has 0 saturated carbocycles. The Morgan fingerprint density at radius 2 is 2.04 bits per heavy atom. The predicted octanol–water partition coefficient (Wildman–Crippen LogP) is 3.01. The molecule has 1 aromatic heterocycles.